The van der Waals surface area contributed by atoms with Crippen LogP contribution >= 0.6 is 0 Å². The van der Waals surface area contributed by atoms with Crippen molar-refractivity contribution in [2.75, 3.05) is 63.2 Å². The van der Waals surface area contributed by atoms with Crippen molar-refractivity contribution in [3.8, 4) is 22.3 Å². The van der Waals surface area contributed by atoms with E-state index in [9.17, 15) is 33.2 Å². The summed E-state index contributed by atoms with van der Waals surface area (Å²) in [5, 5.41) is 37.5. The molecule has 2 unspecified atom stereocenters. The standard InChI is InChI=1S/C44H53FN8O3.C38H39FN6O4.C11H22N2O2/c1-3-40-37(41(51-34-16-19-56-20-17-34)38-28-50-53(4-2)42(38)52-40)27-49-44(55)33-12-8-11-32(23-33)43(54)48-25-30-14-15-39(45)36(22-30)31-10-7-9-29(21-31)24-47-35-13-5-6-18-46-26-35;1-3-34-31(35(43-29-13-15-49-16-14-29)32-22-42-45(4-2)36(32)44-34)21-41-38(48)28-10-6-9-27(19-28)37(47)40-20-24-11-12-33(39)30(18-24)26-8-5-7-25(17-26)23-46;1-11(2,3)15-10(14)13-7-5-4-6-9(12)8-13/h7-12,14-15,21-23,28,34-35,46-47H,3-6,13,16-20,24-27H2,1-2H3,(H,48,54)(H,49,55)(H,51,52);5-12,17-19,22-23,29H,3-4,13-16,20-21H2,1-2H3,(H,40,47)(H,41,48)(H,43,44);9H,4-8,12H2,1-3H3. The van der Waals surface area contributed by atoms with Gasteiger partial charge in [-0.15, -0.1) is 0 Å². The monoisotopic (exact) mass is 1640 g/mol. The third-order valence-corrected chi connectivity index (χ3v) is 22.0. The second-order valence-electron chi connectivity index (χ2n) is 31.9. The summed E-state index contributed by atoms with van der Waals surface area (Å²) >= 11 is 0. The van der Waals surface area contributed by atoms with Gasteiger partial charge in [0.2, 0.25) is 0 Å². The number of aldehydes is 1. The van der Waals surface area contributed by atoms with Crippen LogP contribution in [0.25, 0.3) is 44.3 Å². The molecule has 0 radical (unpaired) electrons. The predicted molar refractivity (Wildman–Crippen MR) is 464 cm³/mol. The van der Waals surface area contributed by atoms with Crippen LogP contribution in [0.1, 0.15) is 204 Å². The molecule has 4 aliphatic rings. The number of nitrogens with one attached hydrogen (secondary N) is 8. The Morgan fingerprint density at radius 3 is 1.49 bits per heavy atom. The van der Waals surface area contributed by atoms with Gasteiger partial charge in [-0.1, -0.05) is 87.4 Å². The fourth-order valence-electron chi connectivity index (χ4n) is 15.5. The number of likely N-dealkylation sites (tertiary alicyclic amines) is 1. The number of nitrogens with two attached hydrogens (primary N) is 1. The minimum atomic E-state index is -0.430. The second kappa shape index (κ2) is 42.5. The van der Waals surface area contributed by atoms with Crippen LogP contribution in [0.15, 0.2) is 146 Å². The van der Waals surface area contributed by atoms with E-state index in [4.69, 9.17) is 29.9 Å². The smallest absolute Gasteiger partial charge is 0.410 e. The van der Waals surface area contributed by atoms with Crippen LogP contribution in [-0.4, -0.2) is 153 Å². The van der Waals surface area contributed by atoms with Gasteiger partial charge in [0.25, 0.3) is 23.6 Å². The van der Waals surface area contributed by atoms with Crippen molar-refractivity contribution < 1.29 is 51.8 Å². The zero-order valence-corrected chi connectivity index (χ0v) is 70.0. The molecule has 634 valence electrons. The summed E-state index contributed by atoms with van der Waals surface area (Å²) in [6, 6.07) is 38.3. The van der Waals surface area contributed by atoms with Crippen molar-refractivity contribution >= 4 is 69.4 Å². The average molecular weight is 1640 g/mol. The lowest BCUT2D eigenvalue weighted by atomic mass is 10.00. The summed E-state index contributed by atoms with van der Waals surface area (Å²) in [6.45, 7) is 23.0. The molecule has 14 rings (SSSR count). The Morgan fingerprint density at radius 1 is 0.542 bits per heavy atom. The molecule has 10 N–H and O–H groups in total. The molecule has 5 amide bonds. The Kier molecular flexibility index (Phi) is 31.2. The van der Waals surface area contributed by atoms with Crippen molar-refractivity contribution in [1.29, 1.82) is 0 Å². The third kappa shape index (κ3) is 23.6. The maximum Gasteiger partial charge on any atom is 0.410 e. The summed E-state index contributed by atoms with van der Waals surface area (Å²) in [4.78, 5) is 88.2. The molecule has 4 fully saturated rings. The third-order valence-electron chi connectivity index (χ3n) is 22.0. The first kappa shape index (κ1) is 87.9. The Balaban J connectivity index is 0.000000189. The number of hydrogen-bond acceptors (Lipinski definition) is 18. The number of carbonyl (C=O) groups excluding carboxylic acids is 6. The Morgan fingerprint density at radius 2 is 1.01 bits per heavy atom. The summed E-state index contributed by atoms with van der Waals surface area (Å²) in [5.74, 6) is -2.07. The molecular weight excluding hydrogens is 1520 g/mol. The van der Waals surface area contributed by atoms with E-state index in [0.717, 1.165) is 144 Å². The highest BCUT2D eigenvalue weighted by Crippen LogP contribution is 2.35. The maximum atomic E-state index is 15.2. The molecule has 4 aliphatic heterocycles. The number of benzene rings is 6. The zero-order valence-electron chi connectivity index (χ0n) is 70.0. The number of fused-ring (bicyclic) bond motifs is 2. The van der Waals surface area contributed by atoms with Gasteiger partial charge in [-0.2, -0.15) is 10.2 Å². The van der Waals surface area contributed by atoms with Gasteiger partial charge in [0, 0.05) is 178 Å². The molecule has 0 bridgehead atoms. The highest BCUT2D eigenvalue weighted by atomic mass is 19.1. The van der Waals surface area contributed by atoms with Gasteiger partial charge in [0.15, 0.2) is 11.3 Å². The van der Waals surface area contributed by atoms with Crippen molar-refractivity contribution in [1.82, 2.24) is 66.3 Å². The number of anilines is 2. The quantitative estimate of drug-likeness (QED) is 0.0228. The topological polar surface area (TPSA) is 317 Å². The second-order valence-corrected chi connectivity index (χ2v) is 31.9. The van der Waals surface area contributed by atoms with Crippen molar-refractivity contribution in [3.05, 3.63) is 225 Å². The molecule has 4 saturated heterocycles. The minimum Gasteiger partial charge on any atom is -0.444 e. The molecule has 6 aromatic carbocycles. The molecule has 27 heteroatoms. The van der Waals surface area contributed by atoms with Gasteiger partial charge < -0.3 is 67.4 Å². The number of pyridine rings is 2. The van der Waals surface area contributed by atoms with Gasteiger partial charge in [-0.05, 0) is 206 Å². The van der Waals surface area contributed by atoms with Crippen molar-refractivity contribution in [2.24, 2.45) is 5.73 Å². The van der Waals surface area contributed by atoms with E-state index in [1.54, 1.807) is 102 Å². The minimum absolute atomic E-state index is 0.0972. The van der Waals surface area contributed by atoms with Crippen LogP contribution in [0.5, 0.6) is 0 Å². The number of rotatable bonds is 26. The largest absolute Gasteiger partial charge is 0.444 e. The predicted octanol–water partition coefficient (Wildman–Crippen LogP) is 14.3. The number of aryl methyl sites for hydroxylation is 4. The van der Waals surface area contributed by atoms with Gasteiger partial charge >= 0.3 is 6.09 Å². The first-order valence-corrected chi connectivity index (χ1v) is 42.3. The number of ether oxygens (including phenoxy) is 3. The fraction of sp³-hybridized carbons (Fsp3) is 0.419. The summed E-state index contributed by atoms with van der Waals surface area (Å²) in [7, 11) is 0. The normalized spacial score (nSPS) is 16.0. The van der Waals surface area contributed by atoms with Crippen LogP contribution in [-0.2, 0) is 72.9 Å². The van der Waals surface area contributed by atoms with Gasteiger partial charge in [-0.25, -0.2) is 32.9 Å². The lowest BCUT2D eigenvalue weighted by Crippen LogP contribution is -2.42. The van der Waals surface area contributed by atoms with Gasteiger partial charge in [0.05, 0.1) is 34.5 Å². The zero-order chi connectivity index (χ0) is 84.7. The highest BCUT2D eigenvalue weighted by molar-refractivity contribution is 6.01. The lowest BCUT2D eigenvalue weighted by molar-refractivity contribution is 0.0249. The van der Waals surface area contributed by atoms with Crippen molar-refractivity contribution in [2.45, 2.75) is 201 Å². The van der Waals surface area contributed by atoms with Crippen molar-refractivity contribution in [3.63, 3.8) is 0 Å². The lowest BCUT2D eigenvalue weighted by Gasteiger charge is -2.27. The van der Waals surface area contributed by atoms with Crippen LogP contribution in [0.3, 0.4) is 0 Å². The summed E-state index contributed by atoms with van der Waals surface area (Å²) < 4.78 is 50.1. The van der Waals surface area contributed by atoms with Crippen LogP contribution in [0.4, 0.5) is 25.0 Å². The van der Waals surface area contributed by atoms with Crippen LogP contribution in [0.2, 0.25) is 0 Å². The molecule has 4 aromatic heterocycles. The Labute approximate surface area is 700 Å². The van der Waals surface area contributed by atoms with E-state index >= 15 is 4.39 Å². The molecule has 10 aromatic rings. The molecule has 25 nitrogen and oxygen atoms in total. The fourth-order valence-corrected chi connectivity index (χ4v) is 15.5. The SMILES string of the molecule is CC(C)(C)OC(=O)N1CCCCC(N)C1.CCc1nc2c(cnn2CC)c(NC2CCOCC2)c1CNC(=O)c1cccc(C(=O)NCc2ccc(F)c(-c3cccc(C=O)c3)c2)c1.CCc1nc2c(cnn2CC)c(NC2CCOCC2)c1CNC(=O)c1cccc(C(=O)NCc2ccc(F)c(-c3cccc(CNC4CCCCNC4)c3)c2)c1. The van der Waals surface area contributed by atoms with E-state index in [1.807, 2.05) is 81.5 Å². The van der Waals surface area contributed by atoms with E-state index in [0.29, 0.717) is 128 Å². The van der Waals surface area contributed by atoms with E-state index in [-0.39, 0.29) is 79.8 Å². The maximum absolute atomic E-state index is 15.2. The average Bonchev–Trinajstić information content (AvgIpc) is 1.61. The van der Waals surface area contributed by atoms with Crippen LogP contribution < -0.4 is 48.3 Å². The Bertz CT molecular complexity index is 5200. The summed E-state index contributed by atoms with van der Waals surface area (Å²) in [6.07, 6.45) is 15.7. The van der Waals surface area contributed by atoms with E-state index < -0.39 is 11.4 Å². The highest BCUT2D eigenvalue weighted by Gasteiger charge is 2.28. The van der Waals surface area contributed by atoms with Gasteiger partial charge in [-0.3, -0.25) is 24.0 Å². The molecule has 120 heavy (non-hydrogen) atoms. The number of amides is 5. The van der Waals surface area contributed by atoms with E-state index in [2.05, 4.69) is 65.7 Å². The number of hydrogen-bond donors (Lipinski definition) is 9. The number of nitrogens with zero attached hydrogens (tertiary/aromatic N) is 7. The molecule has 0 aliphatic carbocycles. The van der Waals surface area contributed by atoms with Gasteiger partial charge in [0.1, 0.15) is 23.5 Å². The van der Waals surface area contributed by atoms with Crippen LogP contribution in [0, 0.1) is 11.6 Å². The molecule has 0 spiro atoms. The molecule has 2 atom stereocenters. The Hall–Kier alpha value is -11.4. The molecular formula is C93H114F2N16O9. The molecule has 0 saturated carbocycles. The van der Waals surface area contributed by atoms with E-state index in [1.165, 1.54) is 25.0 Å². The first-order valence-electron chi connectivity index (χ1n) is 42.3. The first-order chi connectivity index (χ1) is 58.2. The summed E-state index contributed by atoms with van der Waals surface area (Å²) in [5.41, 5.74) is 19.1. The number of aromatic nitrogens is 6. The molecule has 8 heterocycles. The number of halogens is 2. The number of carbonyl (C=O) groups is 6.